The first-order valence-electron chi connectivity index (χ1n) is 9.56. The summed E-state index contributed by atoms with van der Waals surface area (Å²) in [5.74, 6) is 1.46. The number of ether oxygens (including phenoxy) is 2. The summed E-state index contributed by atoms with van der Waals surface area (Å²) in [6.07, 6.45) is 3.44. The highest BCUT2D eigenvalue weighted by Crippen LogP contribution is 2.17. The van der Waals surface area contributed by atoms with Gasteiger partial charge < -0.3 is 14.8 Å². The van der Waals surface area contributed by atoms with Gasteiger partial charge in [-0.2, -0.15) is 0 Å². The van der Waals surface area contributed by atoms with Gasteiger partial charge in [0.1, 0.15) is 11.5 Å². The number of aromatic nitrogens is 1. The molecule has 0 unspecified atom stereocenters. The molecule has 7 heteroatoms. The fourth-order valence-corrected chi connectivity index (χ4v) is 2.66. The zero-order valence-corrected chi connectivity index (χ0v) is 17.0. The lowest BCUT2D eigenvalue weighted by molar-refractivity contribution is 0.0977. The molecule has 0 spiro atoms. The number of hydrogen-bond donors (Lipinski definition) is 2. The first-order valence-corrected chi connectivity index (χ1v) is 9.56. The fourth-order valence-electron chi connectivity index (χ4n) is 2.66. The Morgan fingerprint density at radius 2 is 1.90 bits per heavy atom. The number of carbonyl (C=O) groups excluding carboxylic acids is 1. The van der Waals surface area contributed by atoms with E-state index in [2.05, 4.69) is 20.6 Å². The molecule has 2 aromatic carbocycles. The van der Waals surface area contributed by atoms with Crippen LogP contribution in [0, 0.1) is 0 Å². The molecule has 0 atom stereocenters. The Labute approximate surface area is 175 Å². The van der Waals surface area contributed by atoms with Crippen molar-refractivity contribution >= 4 is 17.6 Å². The van der Waals surface area contributed by atoms with Crippen LogP contribution in [0.1, 0.15) is 22.8 Å². The number of hydrogen-bond acceptors (Lipinski definition) is 5. The normalized spacial score (nSPS) is 10.9. The zero-order chi connectivity index (χ0) is 21.2. The third-order valence-corrected chi connectivity index (χ3v) is 4.13. The Balaban J connectivity index is 1.77. The van der Waals surface area contributed by atoms with Gasteiger partial charge in [-0.15, -0.1) is 0 Å². The summed E-state index contributed by atoms with van der Waals surface area (Å²) in [5, 5.41) is 5.99. The summed E-state index contributed by atoms with van der Waals surface area (Å²) < 4.78 is 10.7. The molecule has 1 heterocycles. The van der Waals surface area contributed by atoms with Gasteiger partial charge in [0, 0.05) is 29.7 Å². The highest BCUT2D eigenvalue weighted by Gasteiger charge is 2.10. The van der Waals surface area contributed by atoms with Crippen LogP contribution in [0.15, 0.2) is 78.0 Å². The Bertz CT molecular complexity index is 989. The standard InChI is InChI=1S/C23H24N4O3/c1-3-30-20-11-9-18(10-12-20)22(28)27-23(25-16-17-6-5-13-24-15-17)26-19-7-4-8-21(14-19)29-2/h4-15H,3,16H2,1-2H3,(H2,25,26,27,28). The number of aliphatic imine (C=N–C) groups is 1. The van der Waals surface area contributed by atoms with Crippen molar-refractivity contribution in [3.63, 3.8) is 0 Å². The molecule has 0 fully saturated rings. The van der Waals surface area contributed by atoms with Gasteiger partial charge in [-0.05, 0) is 55.0 Å². The lowest BCUT2D eigenvalue weighted by Gasteiger charge is -2.13. The predicted molar refractivity (Wildman–Crippen MR) is 117 cm³/mol. The topological polar surface area (TPSA) is 84.8 Å². The minimum atomic E-state index is -0.279. The molecule has 3 aromatic rings. The number of carbonyl (C=O) groups is 1. The lowest BCUT2D eigenvalue weighted by atomic mass is 10.2. The number of nitrogens with zero attached hydrogens (tertiary/aromatic N) is 2. The Morgan fingerprint density at radius 3 is 2.60 bits per heavy atom. The van der Waals surface area contributed by atoms with Crippen LogP contribution in [-0.2, 0) is 6.54 Å². The number of benzene rings is 2. The summed E-state index contributed by atoms with van der Waals surface area (Å²) in [5.41, 5.74) is 2.17. The van der Waals surface area contributed by atoms with Crippen LogP contribution in [0.2, 0.25) is 0 Å². The molecule has 1 aromatic heterocycles. The number of amides is 1. The third-order valence-electron chi connectivity index (χ3n) is 4.13. The predicted octanol–water partition coefficient (Wildman–Crippen LogP) is 3.89. The van der Waals surface area contributed by atoms with E-state index >= 15 is 0 Å². The van der Waals surface area contributed by atoms with Crippen molar-refractivity contribution in [2.75, 3.05) is 19.0 Å². The molecule has 7 nitrogen and oxygen atoms in total. The van der Waals surface area contributed by atoms with Crippen molar-refractivity contribution in [2.45, 2.75) is 13.5 Å². The molecular formula is C23H24N4O3. The smallest absolute Gasteiger partial charge is 0.257 e. The van der Waals surface area contributed by atoms with E-state index in [1.165, 1.54) is 0 Å². The molecule has 1 amide bonds. The number of guanidine groups is 1. The van der Waals surface area contributed by atoms with Crippen molar-refractivity contribution in [3.8, 4) is 11.5 Å². The lowest BCUT2D eigenvalue weighted by Crippen LogP contribution is -2.36. The van der Waals surface area contributed by atoms with Crippen LogP contribution in [0.5, 0.6) is 11.5 Å². The summed E-state index contributed by atoms with van der Waals surface area (Å²) in [7, 11) is 1.60. The average Bonchev–Trinajstić information content (AvgIpc) is 2.79. The van der Waals surface area contributed by atoms with E-state index in [0.717, 1.165) is 11.3 Å². The maximum absolute atomic E-state index is 12.7. The number of nitrogens with one attached hydrogen (secondary N) is 2. The van der Waals surface area contributed by atoms with Gasteiger partial charge in [0.05, 0.1) is 20.3 Å². The maximum Gasteiger partial charge on any atom is 0.257 e. The summed E-state index contributed by atoms with van der Waals surface area (Å²) in [4.78, 5) is 21.4. The van der Waals surface area contributed by atoms with Gasteiger partial charge in [0.2, 0.25) is 5.96 Å². The highest BCUT2D eigenvalue weighted by atomic mass is 16.5. The van der Waals surface area contributed by atoms with Gasteiger partial charge >= 0.3 is 0 Å². The number of anilines is 1. The van der Waals surface area contributed by atoms with Gasteiger partial charge in [-0.3, -0.25) is 15.1 Å². The van der Waals surface area contributed by atoms with Crippen molar-refractivity contribution in [3.05, 3.63) is 84.2 Å². The molecule has 0 radical (unpaired) electrons. The van der Waals surface area contributed by atoms with Crippen molar-refractivity contribution in [1.82, 2.24) is 10.3 Å². The molecule has 3 rings (SSSR count). The number of pyridine rings is 1. The Kier molecular flexibility index (Phi) is 7.38. The van der Waals surface area contributed by atoms with Crippen LogP contribution >= 0.6 is 0 Å². The molecule has 30 heavy (non-hydrogen) atoms. The van der Waals surface area contributed by atoms with E-state index in [1.807, 2.05) is 43.3 Å². The SMILES string of the molecule is CCOc1ccc(C(=O)NC(=NCc2cccnc2)Nc2cccc(OC)c2)cc1. The fraction of sp³-hybridized carbons (Fsp3) is 0.174. The molecule has 0 aliphatic rings. The molecule has 0 aliphatic heterocycles. The second-order valence-corrected chi connectivity index (χ2v) is 6.29. The zero-order valence-electron chi connectivity index (χ0n) is 17.0. The summed E-state index contributed by atoms with van der Waals surface area (Å²) in [6.45, 7) is 2.85. The van der Waals surface area contributed by atoms with Gasteiger partial charge in [0.15, 0.2) is 0 Å². The van der Waals surface area contributed by atoms with E-state index < -0.39 is 0 Å². The van der Waals surface area contributed by atoms with Crippen LogP contribution in [-0.4, -0.2) is 30.6 Å². The van der Waals surface area contributed by atoms with E-state index in [4.69, 9.17) is 9.47 Å². The maximum atomic E-state index is 12.7. The number of methoxy groups -OCH3 is 1. The van der Waals surface area contributed by atoms with Crippen LogP contribution < -0.4 is 20.1 Å². The second-order valence-electron chi connectivity index (χ2n) is 6.29. The minimum absolute atomic E-state index is 0.279. The van der Waals surface area contributed by atoms with E-state index in [-0.39, 0.29) is 5.91 Å². The van der Waals surface area contributed by atoms with E-state index in [0.29, 0.717) is 36.2 Å². The van der Waals surface area contributed by atoms with Crippen LogP contribution in [0.4, 0.5) is 5.69 Å². The molecule has 0 aliphatic carbocycles. The summed E-state index contributed by atoms with van der Waals surface area (Å²) >= 11 is 0. The summed E-state index contributed by atoms with van der Waals surface area (Å²) in [6, 6.07) is 18.1. The van der Waals surface area contributed by atoms with Crippen LogP contribution in [0.3, 0.4) is 0 Å². The van der Waals surface area contributed by atoms with Crippen molar-refractivity contribution < 1.29 is 14.3 Å². The largest absolute Gasteiger partial charge is 0.497 e. The Hall–Kier alpha value is -3.87. The molecular weight excluding hydrogens is 380 g/mol. The average molecular weight is 404 g/mol. The van der Waals surface area contributed by atoms with Crippen LogP contribution in [0.25, 0.3) is 0 Å². The molecule has 2 N–H and O–H groups in total. The van der Waals surface area contributed by atoms with Gasteiger partial charge in [-0.1, -0.05) is 12.1 Å². The molecule has 0 bridgehead atoms. The van der Waals surface area contributed by atoms with Crippen molar-refractivity contribution in [1.29, 1.82) is 0 Å². The van der Waals surface area contributed by atoms with E-state index in [9.17, 15) is 4.79 Å². The first-order chi connectivity index (χ1) is 14.7. The van der Waals surface area contributed by atoms with Gasteiger partial charge in [0.25, 0.3) is 5.91 Å². The molecule has 0 saturated carbocycles. The third kappa shape index (κ3) is 6.07. The number of rotatable bonds is 7. The minimum Gasteiger partial charge on any atom is -0.497 e. The van der Waals surface area contributed by atoms with Gasteiger partial charge in [-0.25, -0.2) is 4.99 Å². The quantitative estimate of drug-likeness (QED) is 0.461. The van der Waals surface area contributed by atoms with Crippen molar-refractivity contribution in [2.24, 2.45) is 4.99 Å². The monoisotopic (exact) mass is 404 g/mol. The van der Waals surface area contributed by atoms with E-state index in [1.54, 1.807) is 43.8 Å². The highest BCUT2D eigenvalue weighted by molar-refractivity contribution is 6.10. The first kappa shape index (κ1) is 20.9. The second kappa shape index (κ2) is 10.6. The molecule has 0 saturated heterocycles. The Morgan fingerprint density at radius 1 is 1.07 bits per heavy atom. The molecule has 154 valence electrons.